The van der Waals surface area contributed by atoms with Crippen LogP contribution in [0, 0.1) is 11.3 Å². The van der Waals surface area contributed by atoms with E-state index >= 15 is 0 Å². The lowest BCUT2D eigenvalue weighted by Crippen LogP contribution is -2.38. The lowest BCUT2D eigenvalue weighted by Gasteiger charge is -2.18. The van der Waals surface area contributed by atoms with Crippen LogP contribution in [0.5, 0.6) is 5.75 Å². The van der Waals surface area contributed by atoms with Crippen LogP contribution in [-0.4, -0.2) is 37.4 Å². The molecule has 1 aliphatic carbocycles. The minimum atomic E-state index is -0.496. The lowest BCUT2D eigenvalue weighted by molar-refractivity contribution is -0.127. The van der Waals surface area contributed by atoms with E-state index in [-0.39, 0.29) is 17.1 Å². The molecule has 1 saturated heterocycles. The first-order valence-electron chi connectivity index (χ1n) is 8.14. The molecule has 1 aromatic carbocycles. The Labute approximate surface area is 134 Å². The van der Waals surface area contributed by atoms with Crippen molar-refractivity contribution in [2.75, 3.05) is 19.6 Å². The topological polar surface area (TPSA) is 93.5 Å². The van der Waals surface area contributed by atoms with E-state index in [0.29, 0.717) is 24.4 Å². The summed E-state index contributed by atoms with van der Waals surface area (Å²) < 4.78 is 5.97. The Balaban J connectivity index is 1.54. The van der Waals surface area contributed by atoms with Gasteiger partial charge in [-0.05, 0) is 36.9 Å². The second-order valence-corrected chi connectivity index (χ2v) is 6.87. The Morgan fingerprint density at radius 1 is 1.30 bits per heavy atom. The van der Waals surface area contributed by atoms with Gasteiger partial charge in [0.2, 0.25) is 5.91 Å². The van der Waals surface area contributed by atoms with Crippen LogP contribution in [0.25, 0.3) is 0 Å². The number of ketones is 1. The molecule has 0 radical (unpaired) electrons. The van der Waals surface area contributed by atoms with Gasteiger partial charge in [-0.3, -0.25) is 9.59 Å². The number of primary amides is 1. The summed E-state index contributed by atoms with van der Waals surface area (Å²) in [7, 11) is 0. The summed E-state index contributed by atoms with van der Waals surface area (Å²) in [6.45, 7) is 3.05. The minimum absolute atomic E-state index is 0.102. The molecular weight excluding hydrogens is 294 g/mol. The molecule has 1 aromatic rings. The molecule has 0 bridgehead atoms. The lowest BCUT2D eigenvalue weighted by atomic mass is 9.98. The van der Waals surface area contributed by atoms with Crippen LogP contribution < -0.4 is 21.1 Å². The number of carbonyl (C=O) groups is 2. The summed E-state index contributed by atoms with van der Waals surface area (Å²) in [5.41, 5.74) is 6.85. The Bertz CT molecular complexity index is 667. The predicted octanol–water partition coefficient (Wildman–Crippen LogP) is 0.205. The smallest absolute Gasteiger partial charge is 0.248 e. The van der Waals surface area contributed by atoms with Crippen molar-refractivity contribution >= 4 is 11.7 Å². The van der Waals surface area contributed by atoms with Crippen LogP contribution in [0.2, 0.25) is 0 Å². The number of nitrogens with one attached hydrogen (secondary N) is 2. The van der Waals surface area contributed by atoms with Gasteiger partial charge >= 0.3 is 0 Å². The maximum atomic E-state index is 12.8. The van der Waals surface area contributed by atoms with Crippen molar-refractivity contribution in [2.45, 2.75) is 25.5 Å². The van der Waals surface area contributed by atoms with Crippen molar-refractivity contribution in [1.82, 2.24) is 10.6 Å². The van der Waals surface area contributed by atoms with Gasteiger partial charge in [0.05, 0.1) is 0 Å². The third kappa shape index (κ3) is 2.52. The van der Waals surface area contributed by atoms with Gasteiger partial charge in [-0.1, -0.05) is 6.07 Å². The molecule has 1 saturated carbocycles. The molecule has 6 nitrogen and oxygen atoms in total. The SMILES string of the molecule is NC(=O)c1ccc2c(c1)OC(C(=O)C1CC13CCNC3)CNC2. The van der Waals surface area contributed by atoms with Gasteiger partial charge in [0.15, 0.2) is 11.9 Å². The summed E-state index contributed by atoms with van der Waals surface area (Å²) in [5.74, 6) is 0.377. The van der Waals surface area contributed by atoms with Crippen molar-refractivity contribution in [2.24, 2.45) is 17.1 Å². The fourth-order valence-corrected chi connectivity index (χ4v) is 3.86. The van der Waals surface area contributed by atoms with Crippen LogP contribution in [0.4, 0.5) is 0 Å². The largest absolute Gasteiger partial charge is 0.481 e. The minimum Gasteiger partial charge on any atom is -0.481 e. The zero-order valence-corrected chi connectivity index (χ0v) is 12.9. The summed E-state index contributed by atoms with van der Waals surface area (Å²) >= 11 is 0. The monoisotopic (exact) mass is 315 g/mol. The molecule has 0 aromatic heterocycles. The predicted molar refractivity (Wildman–Crippen MR) is 84.1 cm³/mol. The van der Waals surface area contributed by atoms with Gasteiger partial charge in [0.25, 0.3) is 0 Å². The zero-order valence-electron chi connectivity index (χ0n) is 12.9. The standard InChI is InChI=1S/C17H21N3O3/c18-16(22)10-1-2-11-7-20-8-14(23-13(11)5-10)15(21)12-6-17(12)3-4-19-9-17/h1-2,5,12,14,19-20H,3-4,6-9H2,(H2,18,22). The van der Waals surface area contributed by atoms with Crippen molar-refractivity contribution < 1.29 is 14.3 Å². The van der Waals surface area contributed by atoms with E-state index < -0.39 is 12.0 Å². The molecule has 4 rings (SSSR count). The number of hydrogen-bond acceptors (Lipinski definition) is 5. The van der Waals surface area contributed by atoms with Crippen LogP contribution in [0.1, 0.15) is 28.8 Å². The second kappa shape index (κ2) is 5.32. The molecule has 2 aliphatic heterocycles. The number of nitrogens with two attached hydrogens (primary N) is 1. The Kier molecular flexibility index (Phi) is 3.39. The molecule has 4 N–H and O–H groups in total. The molecule has 122 valence electrons. The van der Waals surface area contributed by atoms with Crippen molar-refractivity contribution in [3.63, 3.8) is 0 Å². The van der Waals surface area contributed by atoms with E-state index in [1.54, 1.807) is 12.1 Å². The van der Waals surface area contributed by atoms with Crippen LogP contribution in [0.3, 0.4) is 0 Å². The fraction of sp³-hybridized carbons (Fsp3) is 0.529. The first-order valence-corrected chi connectivity index (χ1v) is 8.14. The Morgan fingerprint density at radius 2 is 2.17 bits per heavy atom. The molecule has 2 fully saturated rings. The Morgan fingerprint density at radius 3 is 2.91 bits per heavy atom. The maximum absolute atomic E-state index is 12.8. The summed E-state index contributed by atoms with van der Waals surface area (Å²) in [6.07, 6.45) is 1.54. The summed E-state index contributed by atoms with van der Waals surface area (Å²) in [5, 5.41) is 6.62. The van der Waals surface area contributed by atoms with E-state index in [2.05, 4.69) is 10.6 Å². The molecule has 1 spiro atoms. The number of benzene rings is 1. The van der Waals surface area contributed by atoms with Gasteiger partial charge in [-0.15, -0.1) is 0 Å². The molecular formula is C17H21N3O3. The fourth-order valence-electron chi connectivity index (χ4n) is 3.86. The molecule has 6 heteroatoms. The van der Waals surface area contributed by atoms with E-state index in [1.807, 2.05) is 6.07 Å². The molecule has 3 unspecified atom stereocenters. The normalized spacial score (nSPS) is 32.0. The van der Waals surface area contributed by atoms with E-state index in [0.717, 1.165) is 31.5 Å². The number of ether oxygens (including phenoxy) is 1. The van der Waals surface area contributed by atoms with Crippen molar-refractivity contribution in [3.05, 3.63) is 29.3 Å². The number of Topliss-reactive ketones (excluding diaryl/α,β-unsaturated/α-hetero) is 1. The highest BCUT2D eigenvalue weighted by atomic mass is 16.5. The van der Waals surface area contributed by atoms with Crippen LogP contribution in [-0.2, 0) is 11.3 Å². The van der Waals surface area contributed by atoms with E-state index in [4.69, 9.17) is 10.5 Å². The quantitative estimate of drug-likeness (QED) is 0.741. The highest BCUT2D eigenvalue weighted by Gasteiger charge is 2.60. The number of fused-ring (bicyclic) bond motifs is 1. The average molecular weight is 315 g/mol. The molecule has 2 heterocycles. The zero-order chi connectivity index (χ0) is 16.0. The molecule has 3 aliphatic rings. The number of amides is 1. The third-order valence-corrected chi connectivity index (χ3v) is 5.39. The second-order valence-electron chi connectivity index (χ2n) is 6.87. The Hall–Kier alpha value is -1.92. The van der Waals surface area contributed by atoms with E-state index in [1.165, 1.54) is 0 Å². The van der Waals surface area contributed by atoms with Crippen LogP contribution in [0.15, 0.2) is 18.2 Å². The van der Waals surface area contributed by atoms with Crippen molar-refractivity contribution in [1.29, 1.82) is 0 Å². The van der Waals surface area contributed by atoms with Gasteiger partial charge < -0.3 is 21.1 Å². The van der Waals surface area contributed by atoms with Crippen LogP contribution >= 0.6 is 0 Å². The third-order valence-electron chi connectivity index (χ3n) is 5.39. The first kappa shape index (κ1) is 14.7. The molecule has 1 amide bonds. The summed E-state index contributed by atoms with van der Waals surface area (Å²) in [6, 6.07) is 5.16. The van der Waals surface area contributed by atoms with Gasteiger partial charge in [0.1, 0.15) is 5.75 Å². The van der Waals surface area contributed by atoms with Gasteiger partial charge in [-0.2, -0.15) is 0 Å². The molecule has 23 heavy (non-hydrogen) atoms. The summed E-state index contributed by atoms with van der Waals surface area (Å²) in [4.78, 5) is 24.2. The average Bonchev–Trinajstić information content (AvgIpc) is 3.11. The van der Waals surface area contributed by atoms with Gasteiger partial charge in [0, 0.05) is 36.7 Å². The van der Waals surface area contributed by atoms with E-state index in [9.17, 15) is 9.59 Å². The van der Waals surface area contributed by atoms with Crippen molar-refractivity contribution in [3.8, 4) is 5.75 Å². The first-order chi connectivity index (χ1) is 11.1. The maximum Gasteiger partial charge on any atom is 0.248 e. The number of hydrogen-bond donors (Lipinski definition) is 3. The number of rotatable bonds is 3. The highest BCUT2D eigenvalue weighted by Crippen LogP contribution is 2.57. The molecule has 3 atom stereocenters. The van der Waals surface area contributed by atoms with Gasteiger partial charge in [-0.25, -0.2) is 0 Å². The number of carbonyl (C=O) groups excluding carboxylic acids is 2. The highest BCUT2D eigenvalue weighted by molar-refractivity contribution is 5.93.